The third-order valence-electron chi connectivity index (χ3n) is 3.95. The van der Waals surface area contributed by atoms with Crippen LogP contribution in [-0.4, -0.2) is 45.9 Å². The molecule has 0 bridgehead atoms. The summed E-state index contributed by atoms with van der Waals surface area (Å²) in [5.74, 6) is 0. The predicted molar refractivity (Wildman–Crippen MR) is 88.1 cm³/mol. The lowest BCUT2D eigenvalue weighted by atomic mass is 10.1. The van der Waals surface area contributed by atoms with Crippen molar-refractivity contribution >= 4 is 9.20 Å². The molecule has 0 aliphatic rings. The van der Waals surface area contributed by atoms with E-state index >= 15 is 0 Å². The van der Waals surface area contributed by atoms with Gasteiger partial charge >= 0.3 is 0 Å². The lowest BCUT2D eigenvalue weighted by molar-refractivity contribution is 0.152. The fourth-order valence-corrected chi connectivity index (χ4v) is 4.40. The van der Waals surface area contributed by atoms with Crippen molar-refractivity contribution in [1.29, 1.82) is 0 Å². The second-order valence-electron chi connectivity index (χ2n) is 5.44. The third-order valence-corrected chi connectivity index (χ3v) is 6.22. The van der Waals surface area contributed by atoms with Crippen LogP contribution in [0, 0.1) is 0 Å². The third kappa shape index (κ3) is 8.08. The highest BCUT2D eigenvalue weighted by Gasteiger charge is 2.20. The van der Waals surface area contributed by atoms with Gasteiger partial charge in [0, 0.05) is 18.7 Å². The van der Waals surface area contributed by atoms with Gasteiger partial charge in [0.15, 0.2) is 0 Å². The van der Waals surface area contributed by atoms with E-state index < -0.39 is 9.20 Å². The summed E-state index contributed by atoms with van der Waals surface area (Å²) in [6.07, 6.45) is 3.65. The van der Waals surface area contributed by atoms with Gasteiger partial charge in [0.1, 0.15) is 0 Å². The SMILES string of the molecule is CCCN[SiH](CCN(C(C)CC)C(C)CC)OCC. The van der Waals surface area contributed by atoms with Gasteiger partial charge in [-0.15, -0.1) is 0 Å². The van der Waals surface area contributed by atoms with Crippen LogP contribution in [0.4, 0.5) is 0 Å². The van der Waals surface area contributed by atoms with Gasteiger partial charge in [-0.1, -0.05) is 20.8 Å². The zero-order valence-electron chi connectivity index (χ0n) is 14.0. The number of rotatable bonds is 12. The van der Waals surface area contributed by atoms with Crippen LogP contribution in [-0.2, 0) is 4.43 Å². The smallest absolute Gasteiger partial charge is 0.253 e. The van der Waals surface area contributed by atoms with E-state index in [1.807, 2.05) is 0 Å². The van der Waals surface area contributed by atoms with Crippen molar-refractivity contribution < 1.29 is 4.43 Å². The average Bonchev–Trinajstić information content (AvgIpc) is 2.43. The largest absolute Gasteiger partial charge is 0.406 e. The maximum atomic E-state index is 5.92. The second-order valence-corrected chi connectivity index (χ2v) is 7.74. The predicted octanol–water partition coefficient (Wildman–Crippen LogP) is 3.14. The van der Waals surface area contributed by atoms with Gasteiger partial charge in [-0.3, -0.25) is 4.90 Å². The normalized spacial score (nSPS) is 16.6. The topological polar surface area (TPSA) is 24.5 Å². The standard InChI is InChI=1S/C15H36N2OSi/c1-7-11-16-19(18-10-4)13-12-17(14(5)8-2)15(6)9-3/h14-16,19H,7-13H2,1-6H3. The molecule has 0 aromatic heterocycles. The summed E-state index contributed by atoms with van der Waals surface area (Å²) in [7, 11) is -1.20. The monoisotopic (exact) mass is 288 g/mol. The van der Waals surface area contributed by atoms with Gasteiger partial charge in [-0.2, -0.15) is 0 Å². The first-order chi connectivity index (χ1) is 9.10. The summed E-state index contributed by atoms with van der Waals surface area (Å²) in [5, 5.41) is 0. The minimum atomic E-state index is -1.20. The van der Waals surface area contributed by atoms with Crippen LogP contribution >= 0.6 is 0 Å². The Morgan fingerprint density at radius 1 is 1.05 bits per heavy atom. The van der Waals surface area contributed by atoms with Crippen molar-refractivity contribution in [3.63, 3.8) is 0 Å². The van der Waals surface area contributed by atoms with Crippen molar-refractivity contribution in [1.82, 2.24) is 9.88 Å². The van der Waals surface area contributed by atoms with Gasteiger partial charge < -0.3 is 9.41 Å². The van der Waals surface area contributed by atoms with Crippen molar-refractivity contribution in [2.45, 2.75) is 78.9 Å². The molecule has 0 radical (unpaired) electrons. The Morgan fingerprint density at radius 2 is 1.63 bits per heavy atom. The van der Waals surface area contributed by atoms with Crippen molar-refractivity contribution in [2.75, 3.05) is 19.7 Å². The van der Waals surface area contributed by atoms with Gasteiger partial charge in [-0.05, 0) is 59.2 Å². The van der Waals surface area contributed by atoms with E-state index in [2.05, 4.69) is 51.4 Å². The summed E-state index contributed by atoms with van der Waals surface area (Å²) >= 11 is 0. The number of nitrogens with one attached hydrogen (secondary N) is 1. The first-order valence-corrected chi connectivity index (χ1v) is 10.1. The minimum absolute atomic E-state index is 0.678. The zero-order chi connectivity index (χ0) is 14.7. The molecular formula is C15H36N2OSi. The summed E-state index contributed by atoms with van der Waals surface area (Å²) in [6, 6.07) is 2.57. The quantitative estimate of drug-likeness (QED) is 0.558. The minimum Gasteiger partial charge on any atom is -0.406 e. The second kappa shape index (κ2) is 11.9. The molecule has 0 aromatic rings. The lowest BCUT2D eigenvalue weighted by Crippen LogP contribution is -2.45. The van der Waals surface area contributed by atoms with E-state index in [-0.39, 0.29) is 0 Å². The highest BCUT2D eigenvalue weighted by Crippen LogP contribution is 2.13. The molecule has 0 aromatic carbocycles. The Morgan fingerprint density at radius 3 is 2.05 bits per heavy atom. The van der Waals surface area contributed by atoms with E-state index in [0.717, 1.165) is 13.2 Å². The van der Waals surface area contributed by atoms with Crippen LogP contribution < -0.4 is 4.98 Å². The van der Waals surface area contributed by atoms with Crippen LogP contribution in [0.3, 0.4) is 0 Å². The molecule has 0 saturated heterocycles. The summed E-state index contributed by atoms with van der Waals surface area (Å²) < 4.78 is 5.92. The van der Waals surface area contributed by atoms with Crippen LogP contribution in [0.1, 0.15) is 60.8 Å². The summed E-state index contributed by atoms with van der Waals surface area (Å²) in [5.41, 5.74) is 0. The molecule has 0 saturated carbocycles. The summed E-state index contributed by atoms with van der Waals surface area (Å²) in [4.78, 5) is 6.29. The Bertz CT molecular complexity index is 195. The first-order valence-electron chi connectivity index (χ1n) is 8.21. The van der Waals surface area contributed by atoms with Crippen LogP contribution in [0.2, 0.25) is 6.04 Å². The van der Waals surface area contributed by atoms with E-state index in [9.17, 15) is 0 Å². The van der Waals surface area contributed by atoms with E-state index in [4.69, 9.17) is 4.43 Å². The molecule has 19 heavy (non-hydrogen) atoms. The van der Waals surface area contributed by atoms with E-state index in [0.29, 0.717) is 12.1 Å². The Balaban J connectivity index is 4.31. The molecule has 3 atom stereocenters. The first kappa shape index (κ1) is 19.1. The molecule has 3 nitrogen and oxygen atoms in total. The highest BCUT2D eigenvalue weighted by atomic mass is 28.3. The molecule has 0 amide bonds. The fourth-order valence-electron chi connectivity index (χ4n) is 2.36. The molecule has 0 spiro atoms. The van der Waals surface area contributed by atoms with Crippen molar-refractivity contribution in [2.24, 2.45) is 0 Å². The lowest BCUT2D eigenvalue weighted by Gasteiger charge is -2.34. The van der Waals surface area contributed by atoms with Gasteiger partial charge in [0.05, 0.1) is 0 Å². The van der Waals surface area contributed by atoms with E-state index in [1.54, 1.807) is 0 Å². The molecule has 1 N–H and O–H groups in total. The number of hydrogen-bond donors (Lipinski definition) is 1. The molecular weight excluding hydrogens is 252 g/mol. The molecule has 0 aliphatic heterocycles. The zero-order valence-corrected chi connectivity index (χ0v) is 15.2. The summed E-state index contributed by atoms with van der Waals surface area (Å²) in [6.45, 7) is 16.7. The number of hydrogen-bond acceptors (Lipinski definition) is 3. The highest BCUT2D eigenvalue weighted by molar-refractivity contribution is 6.48. The van der Waals surface area contributed by atoms with Gasteiger partial charge in [0.2, 0.25) is 0 Å². The van der Waals surface area contributed by atoms with Gasteiger partial charge in [0.25, 0.3) is 9.20 Å². The number of nitrogens with zero attached hydrogens (tertiary/aromatic N) is 1. The molecule has 0 fully saturated rings. The van der Waals surface area contributed by atoms with E-state index in [1.165, 1.54) is 31.9 Å². The Labute approximate surface area is 122 Å². The molecule has 0 aliphatic carbocycles. The van der Waals surface area contributed by atoms with Crippen molar-refractivity contribution in [3.05, 3.63) is 0 Å². The van der Waals surface area contributed by atoms with Crippen molar-refractivity contribution in [3.8, 4) is 0 Å². The molecule has 4 heteroatoms. The van der Waals surface area contributed by atoms with Crippen LogP contribution in [0.15, 0.2) is 0 Å². The maximum absolute atomic E-state index is 5.92. The fraction of sp³-hybridized carbons (Fsp3) is 1.00. The van der Waals surface area contributed by atoms with Gasteiger partial charge in [-0.25, -0.2) is 0 Å². The molecule has 116 valence electrons. The molecule has 0 rings (SSSR count). The average molecular weight is 289 g/mol. The molecule has 3 unspecified atom stereocenters. The van der Waals surface area contributed by atoms with Crippen LogP contribution in [0.25, 0.3) is 0 Å². The molecule has 0 heterocycles. The Hall–Kier alpha value is 0.0969. The van der Waals surface area contributed by atoms with Crippen LogP contribution in [0.5, 0.6) is 0 Å². The Kier molecular flexibility index (Phi) is 11.9. The maximum Gasteiger partial charge on any atom is 0.253 e.